The zero-order chi connectivity index (χ0) is 37.0. The van der Waals surface area contributed by atoms with Crippen LogP contribution in [0.1, 0.15) is 16.7 Å². The quantitative estimate of drug-likeness (QED) is 0.0799. The maximum atomic E-state index is 13.9. The molecule has 0 radical (unpaired) electrons. The molecule has 0 aliphatic carbocycles. The molecule has 0 saturated heterocycles. The number of hydrogen-bond acceptors (Lipinski definition) is 6. The molecule has 0 aromatic heterocycles. The fourth-order valence-corrected chi connectivity index (χ4v) is 5.67. The molecular weight excluding hydrogens is 770 g/mol. The third-order valence-corrected chi connectivity index (χ3v) is 7.91. The van der Waals surface area contributed by atoms with Crippen molar-refractivity contribution in [1.29, 1.82) is 0 Å². The highest BCUT2D eigenvalue weighted by molar-refractivity contribution is 6.42. The van der Waals surface area contributed by atoms with Crippen LogP contribution in [0.3, 0.4) is 0 Å². The molecule has 0 atom stereocenters. The van der Waals surface area contributed by atoms with E-state index in [1.807, 2.05) is 0 Å². The highest BCUT2D eigenvalue weighted by Crippen LogP contribution is 2.40. The molecule has 4 aromatic carbocycles. The molecule has 0 bridgehead atoms. The van der Waals surface area contributed by atoms with E-state index in [1.165, 1.54) is 30.3 Å². The summed E-state index contributed by atoms with van der Waals surface area (Å²) in [4.78, 5) is 23.3. The fraction of sp³-hybridized carbons (Fsp3) is 0.212. The standard InChI is InChI=1S/C17H15Cl2F3N2O2.C16H14Cl3FN2O2/c18-13-8-11(17(20,21)22)9-14(19)16(13)24-12-3-1-10(2-4-12)7-15(26)23-5-6-25;17-10-7-12(18)16(13(19)8-10)22-11-1-2-14(20)9(5-11)6-15(24)21-3-4-23/h1-4,8-9,24-25H,5-7H2,(H,23,26);1-2,5,7-8,22-23H,3-4,6H2,(H,21,24). The first-order valence-corrected chi connectivity index (χ1v) is 16.4. The van der Waals surface area contributed by atoms with Crippen molar-refractivity contribution in [3.05, 3.63) is 114 Å². The van der Waals surface area contributed by atoms with E-state index < -0.39 is 17.6 Å². The van der Waals surface area contributed by atoms with Crippen LogP contribution in [0.2, 0.25) is 25.1 Å². The number of anilines is 4. The number of carbonyl (C=O) groups excluding carboxylic acids is 2. The van der Waals surface area contributed by atoms with E-state index in [0.29, 0.717) is 32.1 Å². The van der Waals surface area contributed by atoms with E-state index in [4.69, 9.17) is 68.2 Å². The highest BCUT2D eigenvalue weighted by Gasteiger charge is 2.32. The number of amides is 2. The van der Waals surface area contributed by atoms with Gasteiger partial charge in [-0.2, -0.15) is 13.2 Å². The molecule has 0 aliphatic heterocycles. The molecule has 0 heterocycles. The maximum absolute atomic E-state index is 13.9. The lowest BCUT2D eigenvalue weighted by molar-refractivity contribution is -0.137. The number of benzene rings is 4. The van der Waals surface area contributed by atoms with Crippen molar-refractivity contribution >= 4 is 92.6 Å². The third-order valence-electron chi connectivity index (χ3n) is 6.50. The Labute approximate surface area is 309 Å². The summed E-state index contributed by atoms with van der Waals surface area (Å²) in [6.07, 6.45) is -4.55. The van der Waals surface area contributed by atoms with Crippen LogP contribution >= 0.6 is 58.0 Å². The minimum absolute atomic E-state index is 0.119. The van der Waals surface area contributed by atoms with Gasteiger partial charge < -0.3 is 31.5 Å². The zero-order valence-corrected chi connectivity index (χ0v) is 29.5. The zero-order valence-electron chi connectivity index (χ0n) is 25.7. The maximum Gasteiger partial charge on any atom is 0.416 e. The van der Waals surface area contributed by atoms with Crippen LogP contribution in [0.4, 0.5) is 40.3 Å². The monoisotopic (exact) mass is 796 g/mol. The molecule has 0 spiro atoms. The number of rotatable bonds is 12. The molecule has 2 amide bonds. The van der Waals surface area contributed by atoms with Gasteiger partial charge in [-0.05, 0) is 65.7 Å². The molecule has 6 N–H and O–H groups in total. The van der Waals surface area contributed by atoms with Gasteiger partial charge in [0, 0.05) is 29.5 Å². The molecule has 17 heteroatoms. The molecule has 0 saturated carbocycles. The van der Waals surface area contributed by atoms with Crippen molar-refractivity contribution in [2.45, 2.75) is 19.0 Å². The van der Waals surface area contributed by atoms with Crippen LogP contribution in [0, 0.1) is 5.82 Å². The summed E-state index contributed by atoms with van der Waals surface area (Å²) in [6, 6.07) is 15.6. The first-order chi connectivity index (χ1) is 23.6. The number of nitrogens with one attached hydrogen (secondary N) is 4. The molecular formula is C33H29Cl5F4N4O4. The summed E-state index contributed by atoms with van der Waals surface area (Å²) >= 11 is 29.9. The summed E-state index contributed by atoms with van der Waals surface area (Å²) in [5, 5.41) is 28.9. The Morgan fingerprint density at radius 2 is 1.10 bits per heavy atom. The second-order valence-electron chi connectivity index (χ2n) is 10.3. The van der Waals surface area contributed by atoms with E-state index in [9.17, 15) is 27.2 Å². The predicted molar refractivity (Wildman–Crippen MR) is 190 cm³/mol. The van der Waals surface area contributed by atoms with Gasteiger partial charge in [-0.25, -0.2) is 4.39 Å². The topological polar surface area (TPSA) is 123 Å². The van der Waals surface area contributed by atoms with E-state index >= 15 is 0 Å². The van der Waals surface area contributed by atoms with Crippen molar-refractivity contribution in [3.8, 4) is 0 Å². The Kier molecular flexibility index (Phi) is 15.7. The van der Waals surface area contributed by atoms with Crippen LogP contribution in [-0.4, -0.2) is 48.3 Å². The van der Waals surface area contributed by atoms with Gasteiger partial charge in [0.2, 0.25) is 11.8 Å². The van der Waals surface area contributed by atoms with Gasteiger partial charge in [-0.1, -0.05) is 70.1 Å². The Morgan fingerprint density at radius 1 is 0.640 bits per heavy atom. The second-order valence-corrected chi connectivity index (χ2v) is 12.4. The molecule has 4 aromatic rings. The molecule has 8 nitrogen and oxygen atoms in total. The van der Waals surface area contributed by atoms with Gasteiger partial charge in [0.25, 0.3) is 0 Å². The van der Waals surface area contributed by atoms with Gasteiger partial charge >= 0.3 is 6.18 Å². The summed E-state index contributed by atoms with van der Waals surface area (Å²) in [6.45, 7) is -0.00952. The van der Waals surface area contributed by atoms with Crippen LogP contribution in [0.15, 0.2) is 66.7 Å². The van der Waals surface area contributed by atoms with Crippen molar-refractivity contribution in [1.82, 2.24) is 10.6 Å². The normalized spacial score (nSPS) is 10.9. The lowest BCUT2D eigenvalue weighted by atomic mass is 10.1. The van der Waals surface area contributed by atoms with Gasteiger partial charge in [-0.3, -0.25) is 9.59 Å². The van der Waals surface area contributed by atoms with Crippen LogP contribution in [-0.2, 0) is 28.6 Å². The number of hydrogen-bond donors (Lipinski definition) is 6. The molecule has 268 valence electrons. The number of aliphatic hydroxyl groups is 2. The second kappa shape index (κ2) is 19.2. The number of alkyl halides is 3. The summed E-state index contributed by atoms with van der Waals surface area (Å²) in [7, 11) is 0. The van der Waals surface area contributed by atoms with E-state index in [1.54, 1.807) is 24.3 Å². The Balaban J connectivity index is 0.000000271. The smallest absolute Gasteiger partial charge is 0.395 e. The van der Waals surface area contributed by atoms with Crippen LogP contribution < -0.4 is 21.3 Å². The van der Waals surface area contributed by atoms with Gasteiger partial charge in [0.1, 0.15) is 5.82 Å². The van der Waals surface area contributed by atoms with Gasteiger partial charge in [-0.15, -0.1) is 0 Å². The Bertz CT molecular complexity index is 1750. The third kappa shape index (κ3) is 12.7. The number of aliphatic hydroxyl groups excluding tert-OH is 2. The fourth-order valence-electron chi connectivity index (χ4n) is 4.17. The molecule has 0 unspecified atom stereocenters. The average Bonchev–Trinajstić information content (AvgIpc) is 3.04. The molecule has 0 fully saturated rings. The SMILES string of the molecule is O=C(Cc1cc(Nc2c(Cl)cc(Cl)cc2Cl)ccc1F)NCCO.O=C(Cc1ccc(Nc2c(Cl)cc(C(F)(F)F)cc2Cl)cc1)NCCO. The van der Waals surface area contributed by atoms with Crippen LogP contribution in [0.5, 0.6) is 0 Å². The van der Waals surface area contributed by atoms with Crippen molar-refractivity contribution in [2.24, 2.45) is 0 Å². The minimum atomic E-state index is -4.54. The largest absolute Gasteiger partial charge is 0.416 e. The van der Waals surface area contributed by atoms with E-state index in [-0.39, 0.29) is 72.3 Å². The van der Waals surface area contributed by atoms with E-state index in [0.717, 1.165) is 17.7 Å². The van der Waals surface area contributed by atoms with Crippen molar-refractivity contribution < 1.29 is 37.4 Å². The van der Waals surface area contributed by atoms with Crippen molar-refractivity contribution in [2.75, 3.05) is 36.9 Å². The van der Waals surface area contributed by atoms with Gasteiger partial charge in [0.15, 0.2) is 0 Å². The lowest BCUT2D eigenvalue weighted by Crippen LogP contribution is -2.28. The Morgan fingerprint density at radius 3 is 1.60 bits per heavy atom. The van der Waals surface area contributed by atoms with Gasteiger partial charge in [0.05, 0.1) is 63.1 Å². The minimum Gasteiger partial charge on any atom is -0.395 e. The number of carbonyl (C=O) groups is 2. The highest BCUT2D eigenvalue weighted by atomic mass is 35.5. The average molecular weight is 799 g/mol. The first kappa shape index (κ1) is 40.9. The van der Waals surface area contributed by atoms with Crippen molar-refractivity contribution in [3.63, 3.8) is 0 Å². The number of halogens is 9. The predicted octanol–water partition coefficient (Wildman–Crippen LogP) is 8.59. The van der Waals surface area contributed by atoms with E-state index in [2.05, 4.69) is 21.3 Å². The summed E-state index contributed by atoms with van der Waals surface area (Å²) < 4.78 is 52.1. The first-order valence-electron chi connectivity index (χ1n) is 14.5. The molecule has 50 heavy (non-hydrogen) atoms. The summed E-state index contributed by atoms with van der Waals surface area (Å²) in [5.74, 6) is -1.12. The molecule has 4 rings (SSSR count). The molecule has 0 aliphatic rings. The summed E-state index contributed by atoms with van der Waals surface area (Å²) in [5.41, 5.74) is 1.68. The van der Waals surface area contributed by atoms with Crippen LogP contribution in [0.25, 0.3) is 0 Å². The lowest BCUT2D eigenvalue weighted by Gasteiger charge is -2.14. The Hall–Kier alpha value is -3.49.